The molecular formula is C16H20N4O2. The first kappa shape index (κ1) is 14.7. The average Bonchev–Trinajstić information content (AvgIpc) is 2.96. The molecule has 1 aromatic carbocycles. The Bertz CT molecular complexity index is 637. The van der Waals surface area contributed by atoms with Crippen molar-refractivity contribution in [3.63, 3.8) is 0 Å². The third-order valence-corrected chi connectivity index (χ3v) is 4.14. The van der Waals surface area contributed by atoms with E-state index in [1.54, 1.807) is 0 Å². The number of carbonyl (C=O) groups excluding carboxylic acids is 1. The van der Waals surface area contributed by atoms with Crippen LogP contribution in [0.4, 0.5) is 0 Å². The van der Waals surface area contributed by atoms with Crippen LogP contribution in [-0.4, -0.2) is 29.1 Å². The van der Waals surface area contributed by atoms with Gasteiger partial charge in [-0.15, -0.1) is 0 Å². The summed E-state index contributed by atoms with van der Waals surface area (Å²) in [6.07, 6.45) is 0. The zero-order valence-corrected chi connectivity index (χ0v) is 12.7. The number of hydrogen-bond donors (Lipinski definition) is 2. The highest BCUT2D eigenvalue weighted by atomic mass is 16.5. The lowest BCUT2D eigenvalue weighted by molar-refractivity contribution is -0.127. The first-order chi connectivity index (χ1) is 10.6. The monoisotopic (exact) mass is 300 g/mol. The molecule has 2 heterocycles. The lowest BCUT2D eigenvalue weighted by atomic mass is 9.88. The van der Waals surface area contributed by atoms with Crippen LogP contribution < -0.4 is 10.6 Å². The standard InChI is InChI=1S/C16H20N4O2/c1-10(13-8-17-9-13)15(21)18-11(2)14-19-16(22-20-14)12-6-4-3-5-7-12/h3-7,10-11,13,17H,8-9H2,1-2H3,(H,18,21). The fraction of sp³-hybridized carbons (Fsp3) is 0.438. The molecular weight excluding hydrogens is 280 g/mol. The van der Waals surface area contributed by atoms with Gasteiger partial charge in [-0.3, -0.25) is 4.79 Å². The maximum atomic E-state index is 12.2. The zero-order valence-electron chi connectivity index (χ0n) is 12.7. The van der Waals surface area contributed by atoms with Crippen LogP contribution >= 0.6 is 0 Å². The average molecular weight is 300 g/mol. The summed E-state index contributed by atoms with van der Waals surface area (Å²) >= 11 is 0. The van der Waals surface area contributed by atoms with Crippen LogP contribution in [0, 0.1) is 11.8 Å². The highest BCUT2D eigenvalue weighted by Gasteiger charge is 2.30. The zero-order chi connectivity index (χ0) is 15.5. The topological polar surface area (TPSA) is 80.0 Å². The molecule has 2 unspecified atom stereocenters. The second-order valence-corrected chi connectivity index (χ2v) is 5.76. The van der Waals surface area contributed by atoms with E-state index >= 15 is 0 Å². The number of benzene rings is 1. The molecule has 0 spiro atoms. The number of nitrogens with zero attached hydrogens (tertiary/aromatic N) is 2. The molecule has 1 aliphatic heterocycles. The maximum absolute atomic E-state index is 12.2. The Labute approximate surface area is 129 Å². The van der Waals surface area contributed by atoms with Crippen LogP contribution in [0.5, 0.6) is 0 Å². The normalized spacial score (nSPS) is 17.5. The van der Waals surface area contributed by atoms with Gasteiger partial charge in [0.15, 0.2) is 5.82 Å². The molecule has 0 saturated carbocycles. The fourth-order valence-electron chi connectivity index (χ4n) is 2.40. The first-order valence-electron chi connectivity index (χ1n) is 7.55. The summed E-state index contributed by atoms with van der Waals surface area (Å²) in [5.74, 6) is 1.39. The molecule has 6 heteroatoms. The van der Waals surface area contributed by atoms with Crippen LogP contribution in [0.1, 0.15) is 25.7 Å². The van der Waals surface area contributed by atoms with Gasteiger partial charge >= 0.3 is 0 Å². The quantitative estimate of drug-likeness (QED) is 0.879. The van der Waals surface area contributed by atoms with E-state index in [-0.39, 0.29) is 17.9 Å². The minimum Gasteiger partial charge on any atom is -0.346 e. The van der Waals surface area contributed by atoms with Crippen LogP contribution in [0.25, 0.3) is 11.5 Å². The predicted octanol–water partition coefficient (Wildman–Crippen LogP) is 1.77. The maximum Gasteiger partial charge on any atom is 0.257 e. The molecule has 1 saturated heterocycles. The van der Waals surface area contributed by atoms with E-state index in [1.165, 1.54) is 0 Å². The molecule has 1 aromatic heterocycles. The molecule has 2 atom stereocenters. The lowest BCUT2D eigenvalue weighted by Crippen LogP contribution is -2.49. The lowest BCUT2D eigenvalue weighted by Gasteiger charge is -2.32. The van der Waals surface area contributed by atoms with E-state index in [0.29, 0.717) is 17.6 Å². The van der Waals surface area contributed by atoms with Gasteiger partial charge < -0.3 is 15.2 Å². The van der Waals surface area contributed by atoms with Crippen LogP contribution in [0.3, 0.4) is 0 Å². The molecule has 0 aliphatic carbocycles. The summed E-state index contributed by atoms with van der Waals surface area (Å²) in [7, 11) is 0. The largest absolute Gasteiger partial charge is 0.346 e. The smallest absolute Gasteiger partial charge is 0.257 e. The Morgan fingerprint density at radius 3 is 2.68 bits per heavy atom. The number of carbonyl (C=O) groups is 1. The molecule has 1 amide bonds. The van der Waals surface area contributed by atoms with Crippen LogP contribution in [-0.2, 0) is 4.79 Å². The van der Waals surface area contributed by atoms with Gasteiger partial charge in [-0.2, -0.15) is 4.98 Å². The van der Waals surface area contributed by atoms with E-state index in [2.05, 4.69) is 20.8 Å². The Kier molecular flexibility index (Phi) is 4.20. The molecule has 0 bridgehead atoms. The van der Waals surface area contributed by atoms with Gasteiger partial charge in [0, 0.05) is 11.5 Å². The Balaban J connectivity index is 1.64. The molecule has 0 radical (unpaired) electrons. The van der Waals surface area contributed by atoms with Crippen molar-refractivity contribution in [2.24, 2.45) is 11.8 Å². The predicted molar refractivity (Wildman–Crippen MR) is 81.8 cm³/mol. The fourth-order valence-corrected chi connectivity index (χ4v) is 2.40. The first-order valence-corrected chi connectivity index (χ1v) is 7.55. The molecule has 116 valence electrons. The summed E-state index contributed by atoms with van der Waals surface area (Å²) in [6, 6.07) is 9.31. The molecule has 3 rings (SSSR count). The molecule has 1 fully saturated rings. The van der Waals surface area contributed by atoms with Gasteiger partial charge in [-0.1, -0.05) is 30.3 Å². The van der Waals surface area contributed by atoms with Gasteiger partial charge in [-0.05, 0) is 38.1 Å². The number of amides is 1. The van der Waals surface area contributed by atoms with Crippen LogP contribution in [0.15, 0.2) is 34.9 Å². The van der Waals surface area contributed by atoms with Crippen molar-refractivity contribution in [3.8, 4) is 11.5 Å². The molecule has 6 nitrogen and oxygen atoms in total. The molecule has 2 N–H and O–H groups in total. The summed E-state index contributed by atoms with van der Waals surface area (Å²) in [5, 5.41) is 10.1. The van der Waals surface area contributed by atoms with Gasteiger partial charge in [0.05, 0.1) is 6.04 Å². The van der Waals surface area contributed by atoms with E-state index in [1.807, 2.05) is 44.2 Å². The van der Waals surface area contributed by atoms with Crippen molar-refractivity contribution in [1.82, 2.24) is 20.8 Å². The Morgan fingerprint density at radius 2 is 2.05 bits per heavy atom. The summed E-state index contributed by atoms with van der Waals surface area (Å²) < 4.78 is 5.27. The molecule has 22 heavy (non-hydrogen) atoms. The summed E-state index contributed by atoms with van der Waals surface area (Å²) in [4.78, 5) is 16.6. The van der Waals surface area contributed by atoms with E-state index in [4.69, 9.17) is 4.52 Å². The Hall–Kier alpha value is -2.21. The minimum absolute atomic E-state index is 0.0100. The van der Waals surface area contributed by atoms with E-state index in [9.17, 15) is 4.79 Å². The highest BCUT2D eigenvalue weighted by Crippen LogP contribution is 2.20. The summed E-state index contributed by atoms with van der Waals surface area (Å²) in [5.41, 5.74) is 0.869. The van der Waals surface area contributed by atoms with Crippen molar-refractivity contribution in [2.75, 3.05) is 13.1 Å². The van der Waals surface area contributed by atoms with Crippen molar-refractivity contribution >= 4 is 5.91 Å². The van der Waals surface area contributed by atoms with Gasteiger partial charge in [0.2, 0.25) is 5.91 Å². The number of rotatable bonds is 5. The second kappa shape index (κ2) is 6.27. The Morgan fingerprint density at radius 1 is 1.32 bits per heavy atom. The van der Waals surface area contributed by atoms with Gasteiger partial charge in [0.25, 0.3) is 5.89 Å². The molecule has 1 aliphatic rings. The highest BCUT2D eigenvalue weighted by molar-refractivity contribution is 5.79. The third-order valence-electron chi connectivity index (χ3n) is 4.14. The van der Waals surface area contributed by atoms with Crippen molar-refractivity contribution < 1.29 is 9.32 Å². The third kappa shape index (κ3) is 3.01. The van der Waals surface area contributed by atoms with Gasteiger partial charge in [0.1, 0.15) is 0 Å². The van der Waals surface area contributed by atoms with E-state index in [0.717, 1.165) is 18.7 Å². The van der Waals surface area contributed by atoms with Crippen LogP contribution in [0.2, 0.25) is 0 Å². The van der Waals surface area contributed by atoms with Crippen molar-refractivity contribution in [1.29, 1.82) is 0 Å². The second-order valence-electron chi connectivity index (χ2n) is 5.76. The van der Waals surface area contributed by atoms with E-state index < -0.39 is 0 Å². The number of nitrogens with one attached hydrogen (secondary N) is 2. The SMILES string of the molecule is CC(NC(=O)C(C)C1CNC1)c1noc(-c2ccccc2)n1. The minimum atomic E-state index is -0.274. The number of hydrogen-bond acceptors (Lipinski definition) is 5. The van der Waals surface area contributed by atoms with Gasteiger partial charge in [-0.25, -0.2) is 0 Å². The van der Waals surface area contributed by atoms with Crippen molar-refractivity contribution in [3.05, 3.63) is 36.2 Å². The number of aromatic nitrogens is 2. The summed E-state index contributed by atoms with van der Waals surface area (Å²) in [6.45, 7) is 5.63. The molecule has 2 aromatic rings. The van der Waals surface area contributed by atoms with Crippen molar-refractivity contribution in [2.45, 2.75) is 19.9 Å².